The van der Waals surface area contributed by atoms with Crippen LogP contribution in [0.2, 0.25) is 0 Å². The van der Waals surface area contributed by atoms with E-state index in [-0.39, 0.29) is 11.8 Å². The largest absolute Gasteiger partial charge is 0.378 e. The van der Waals surface area contributed by atoms with Gasteiger partial charge in [-0.3, -0.25) is 4.79 Å². The number of anilines is 2. The highest BCUT2D eigenvalue weighted by Gasteiger charge is 2.28. The number of Topliss-reactive ketones (excluding diaryl/α,β-unsaturated/α-hetero) is 1. The van der Waals surface area contributed by atoms with Gasteiger partial charge < -0.3 is 10.2 Å². The molecule has 0 radical (unpaired) electrons. The first-order valence-corrected chi connectivity index (χ1v) is 7.38. The van der Waals surface area contributed by atoms with Crippen molar-refractivity contribution in [1.82, 2.24) is 0 Å². The lowest BCUT2D eigenvalue weighted by atomic mass is 9.94. The minimum absolute atomic E-state index is 0.0314. The molecule has 2 aromatic carbocycles. The minimum Gasteiger partial charge on any atom is -0.378 e. The van der Waals surface area contributed by atoms with Gasteiger partial charge in [0.05, 0.1) is 12.6 Å². The first kappa shape index (κ1) is 13.7. The van der Waals surface area contributed by atoms with E-state index in [2.05, 4.69) is 28.4 Å². The van der Waals surface area contributed by atoms with Crippen LogP contribution in [-0.4, -0.2) is 25.4 Å². The lowest BCUT2D eigenvalue weighted by Gasteiger charge is -2.35. The Morgan fingerprint density at radius 3 is 2.67 bits per heavy atom. The number of hydrogen-bond donors (Lipinski definition) is 1. The third-order valence-electron chi connectivity index (χ3n) is 4.14. The van der Waals surface area contributed by atoms with Crippen molar-refractivity contribution >= 4 is 17.2 Å². The molecule has 0 spiro atoms. The Labute approximate surface area is 125 Å². The monoisotopic (exact) mass is 280 g/mol. The number of carbonyl (C=O) groups excluding carboxylic acids is 1. The number of benzene rings is 2. The van der Waals surface area contributed by atoms with Crippen LogP contribution >= 0.6 is 0 Å². The molecule has 3 nitrogen and oxygen atoms in total. The summed E-state index contributed by atoms with van der Waals surface area (Å²) in [4.78, 5) is 14.6. The van der Waals surface area contributed by atoms with Gasteiger partial charge in [-0.15, -0.1) is 0 Å². The zero-order valence-electron chi connectivity index (χ0n) is 12.3. The second-order valence-corrected chi connectivity index (χ2v) is 5.48. The number of hydrogen-bond acceptors (Lipinski definition) is 3. The van der Waals surface area contributed by atoms with Gasteiger partial charge in [0.25, 0.3) is 0 Å². The predicted molar refractivity (Wildman–Crippen MR) is 86.9 cm³/mol. The molecule has 1 heterocycles. The van der Waals surface area contributed by atoms with E-state index in [0.29, 0.717) is 6.54 Å². The number of rotatable bonds is 4. The molecule has 21 heavy (non-hydrogen) atoms. The summed E-state index contributed by atoms with van der Waals surface area (Å²) in [7, 11) is 2.02. The molecule has 0 saturated carbocycles. The summed E-state index contributed by atoms with van der Waals surface area (Å²) in [6.45, 7) is 0.376. The molecule has 1 atom stereocenters. The number of nitrogens with zero attached hydrogens (tertiary/aromatic N) is 1. The topological polar surface area (TPSA) is 32.3 Å². The quantitative estimate of drug-likeness (QED) is 0.934. The summed E-state index contributed by atoms with van der Waals surface area (Å²) in [6.07, 6.45) is 1.87. The summed E-state index contributed by atoms with van der Waals surface area (Å²) < 4.78 is 0. The number of nitrogens with one attached hydrogen (secondary N) is 1. The van der Waals surface area contributed by atoms with E-state index in [1.165, 1.54) is 11.3 Å². The number of likely N-dealkylation sites (N-methyl/N-ethyl adjacent to an activating group) is 1. The Morgan fingerprint density at radius 2 is 1.86 bits per heavy atom. The van der Waals surface area contributed by atoms with E-state index in [1.807, 2.05) is 43.4 Å². The van der Waals surface area contributed by atoms with Gasteiger partial charge in [-0.2, -0.15) is 0 Å². The molecule has 0 aliphatic carbocycles. The summed E-state index contributed by atoms with van der Waals surface area (Å²) in [5.74, 6) is 0.246. The molecule has 2 aromatic rings. The third kappa shape index (κ3) is 2.92. The van der Waals surface area contributed by atoms with Crippen molar-refractivity contribution in [1.29, 1.82) is 0 Å². The summed E-state index contributed by atoms with van der Waals surface area (Å²) in [6, 6.07) is 18.2. The van der Waals surface area contributed by atoms with Crippen LogP contribution in [0.1, 0.15) is 12.0 Å². The SMILES string of the molecule is CN1c2ccccc2CCC1C(=O)CNc1ccccc1. The molecule has 0 aromatic heterocycles. The molecule has 1 N–H and O–H groups in total. The molecule has 1 aliphatic rings. The highest BCUT2D eigenvalue weighted by Crippen LogP contribution is 2.29. The van der Waals surface area contributed by atoms with Crippen LogP contribution in [0.4, 0.5) is 11.4 Å². The molecule has 0 bridgehead atoms. The van der Waals surface area contributed by atoms with Gasteiger partial charge in [0.15, 0.2) is 5.78 Å². The Hall–Kier alpha value is -2.29. The summed E-state index contributed by atoms with van der Waals surface area (Å²) in [5.41, 5.74) is 3.51. The number of fused-ring (bicyclic) bond motifs is 1. The van der Waals surface area contributed by atoms with Gasteiger partial charge in [-0.25, -0.2) is 0 Å². The number of carbonyl (C=O) groups is 1. The number of ketones is 1. The Balaban J connectivity index is 1.66. The van der Waals surface area contributed by atoms with Gasteiger partial charge in [-0.05, 0) is 36.6 Å². The van der Waals surface area contributed by atoms with Crippen molar-refractivity contribution in [2.45, 2.75) is 18.9 Å². The second-order valence-electron chi connectivity index (χ2n) is 5.48. The molecular weight excluding hydrogens is 260 g/mol. The van der Waals surface area contributed by atoms with Crippen LogP contribution in [0.25, 0.3) is 0 Å². The van der Waals surface area contributed by atoms with Crippen molar-refractivity contribution in [3.8, 4) is 0 Å². The van der Waals surface area contributed by atoms with Crippen molar-refractivity contribution in [2.24, 2.45) is 0 Å². The maximum absolute atomic E-state index is 12.5. The smallest absolute Gasteiger partial charge is 0.174 e. The van der Waals surface area contributed by atoms with Crippen molar-refractivity contribution in [2.75, 3.05) is 23.8 Å². The lowest BCUT2D eigenvalue weighted by Crippen LogP contribution is -2.44. The Kier molecular flexibility index (Phi) is 3.91. The molecule has 108 valence electrons. The number of aryl methyl sites for hydroxylation is 1. The van der Waals surface area contributed by atoms with E-state index in [9.17, 15) is 4.79 Å². The van der Waals surface area contributed by atoms with E-state index in [1.54, 1.807) is 0 Å². The lowest BCUT2D eigenvalue weighted by molar-refractivity contribution is -0.118. The fraction of sp³-hybridized carbons (Fsp3) is 0.278. The van der Waals surface area contributed by atoms with E-state index in [4.69, 9.17) is 0 Å². The van der Waals surface area contributed by atoms with Crippen LogP contribution in [0.15, 0.2) is 54.6 Å². The van der Waals surface area contributed by atoms with Crippen LogP contribution in [0.5, 0.6) is 0 Å². The van der Waals surface area contributed by atoms with Crippen LogP contribution in [0, 0.1) is 0 Å². The van der Waals surface area contributed by atoms with E-state index in [0.717, 1.165) is 18.5 Å². The molecule has 1 unspecified atom stereocenters. The fourth-order valence-electron chi connectivity index (χ4n) is 2.96. The van der Waals surface area contributed by atoms with Gasteiger partial charge in [0.2, 0.25) is 0 Å². The fourth-order valence-corrected chi connectivity index (χ4v) is 2.96. The molecular formula is C18H20N2O. The molecule has 0 fully saturated rings. The standard InChI is InChI=1S/C18H20N2O/c1-20-16-10-6-5-7-14(16)11-12-17(20)18(21)13-19-15-8-3-2-4-9-15/h2-10,17,19H,11-13H2,1H3. The van der Waals surface area contributed by atoms with Gasteiger partial charge in [0, 0.05) is 18.4 Å². The number of para-hydroxylation sites is 2. The molecule has 0 saturated heterocycles. The third-order valence-corrected chi connectivity index (χ3v) is 4.14. The molecule has 3 heteroatoms. The maximum atomic E-state index is 12.5. The first-order chi connectivity index (χ1) is 10.3. The summed E-state index contributed by atoms with van der Waals surface area (Å²) >= 11 is 0. The average Bonchev–Trinajstić information content (AvgIpc) is 2.54. The molecule has 3 rings (SSSR count). The van der Waals surface area contributed by atoms with Crippen LogP contribution in [0.3, 0.4) is 0 Å². The highest BCUT2D eigenvalue weighted by atomic mass is 16.1. The van der Waals surface area contributed by atoms with Crippen LogP contribution in [-0.2, 0) is 11.2 Å². The highest BCUT2D eigenvalue weighted by molar-refractivity contribution is 5.91. The predicted octanol–water partition coefficient (Wildman–Crippen LogP) is 3.12. The summed E-state index contributed by atoms with van der Waals surface area (Å²) in [5, 5.41) is 3.21. The van der Waals surface area contributed by atoms with Gasteiger partial charge in [-0.1, -0.05) is 36.4 Å². The molecule has 1 aliphatic heterocycles. The Bertz CT molecular complexity index is 624. The van der Waals surface area contributed by atoms with Crippen molar-refractivity contribution < 1.29 is 4.79 Å². The minimum atomic E-state index is -0.0314. The van der Waals surface area contributed by atoms with Crippen molar-refractivity contribution in [3.63, 3.8) is 0 Å². The average molecular weight is 280 g/mol. The van der Waals surface area contributed by atoms with Crippen LogP contribution < -0.4 is 10.2 Å². The zero-order valence-corrected chi connectivity index (χ0v) is 12.3. The van der Waals surface area contributed by atoms with E-state index >= 15 is 0 Å². The Morgan fingerprint density at radius 1 is 1.14 bits per heavy atom. The molecule has 0 amide bonds. The normalized spacial score (nSPS) is 17.2. The second kappa shape index (κ2) is 6.00. The van der Waals surface area contributed by atoms with E-state index < -0.39 is 0 Å². The first-order valence-electron chi connectivity index (χ1n) is 7.38. The van der Waals surface area contributed by atoms with Gasteiger partial charge >= 0.3 is 0 Å². The zero-order chi connectivity index (χ0) is 14.7. The van der Waals surface area contributed by atoms with Crippen molar-refractivity contribution in [3.05, 3.63) is 60.2 Å². The van der Waals surface area contributed by atoms with Gasteiger partial charge in [0.1, 0.15) is 0 Å². The maximum Gasteiger partial charge on any atom is 0.174 e.